The van der Waals surface area contributed by atoms with Gasteiger partial charge in [-0.15, -0.1) is 0 Å². The van der Waals surface area contributed by atoms with Crippen LogP contribution in [-0.2, 0) is 22.3 Å². The van der Waals surface area contributed by atoms with Crippen LogP contribution in [0.5, 0.6) is 5.75 Å². The zero-order valence-corrected chi connectivity index (χ0v) is 23.7. The molecule has 5 nitrogen and oxygen atoms in total. The molecule has 0 aliphatic carbocycles. The van der Waals surface area contributed by atoms with E-state index in [2.05, 4.69) is 19.9 Å². The highest BCUT2D eigenvalue weighted by atomic mass is 35.5. The van der Waals surface area contributed by atoms with Gasteiger partial charge in [-0.1, -0.05) is 69.8 Å². The lowest BCUT2D eigenvalue weighted by molar-refractivity contribution is 0.0519. The maximum absolute atomic E-state index is 13.5. The van der Waals surface area contributed by atoms with Crippen molar-refractivity contribution in [1.29, 1.82) is 0 Å². The molecular weight excluding hydrogens is 488 g/mol. The standard InChI is InChI=1S/C31H41ClO5/c1-6-11-14-23(21-17-19-22(32)20-18-21)26-24(15-12-7-2)27(30(34)36-9-4)25(16-13-8-3)28(29(26)33)31(35)37-10-5/h14,17-20,33H,6-13,15-16H2,1-5H3/b23-14-. The molecule has 37 heavy (non-hydrogen) atoms. The number of unbranched alkanes of at least 4 members (excludes halogenated alkanes) is 3. The van der Waals surface area contributed by atoms with Crippen molar-refractivity contribution in [2.45, 2.75) is 86.0 Å². The minimum absolute atomic E-state index is 0.0602. The number of aromatic hydroxyl groups is 1. The van der Waals surface area contributed by atoms with E-state index < -0.39 is 11.9 Å². The van der Waals surface area contributed by atoms with Crippen molar-refractivity contribution in [2.75, 3.05) is 13.2 Å². The fraction of sp³-hybridized carbons (Fsp3) is 0.484. The number of halogens is 1. The number of hydrogen-bond acceptors (Lipinski definition) is 5. The van der Waals surface area contributed by atoms with Crippen molar-refractivity contribution < 1.29 is 24.2 Å². The van der Waals surface area contributed by atoms with Crippen molar-refractivity contribution in [3.63, 3.8) is 0 Å². The Morgan fingerprint density at radius 3 is 1.78 bits per heavy atom. The van der Waals surface area contributed by atoms with Gasteiger partial charge in [0.05, 0.1) is 18.8 Å². The summed E-state index contributed by atoms with van der Waals surface area (Å²) in [5.74, 6) is -1.25. The van der Waals surface area contributed by atoms with Crippen LogP contribution in [0.1, 0.15) is 116 Å². The van der Waals surface area contributed by atoms with Gasteiger partial charge in [0.1, 0.15) is 11.3 Å². The molecule has 0 aliphatic rings. The molecule has 0 radical (unpaired) electrons. The summed E-state index contributed by atoms with van der Waals surface area (Å²) in [6.45, 7) is 10.1. The van der Waals surface area contributed by atoms with Crippen molar-refractivity contribution in [2.24, 2.45) is 0 Å². The van der Waals surface area contributed by atoms with Gasteiger partial charge in [-0.25, -0.2) is 9.59 Å². The lowest BCUT2D eigenvalue weighted by atomic mass is 9.81. The fourth-order valence-corrected chi connectivity index (χ4v) is 4.62. The van der Waals surface area contributed by atoms with Crippen LogP contribution in [-0.4, -0.2) is 30.3 Å². The average Bonchev–Trinajstić information content (AvgIpc) is 2.88. The molecule has 0 amide bonds. The lowest BCUT2D eigenvalue weighted by Crippen LogP contribution is -2.20. The Hall–Kier alpha value is -2.79. The zero-order valence-electron chi connectivity index (χ0n) is 22.9. The number of benzene rings is 2. The molecule has 0 saturated heterocycles. The van der Waals surface area contributed by atoms with E-state index in [-0.39, 0.29) is 24.5 Å². The van der Waals surface area contributed by atoms with Crippen LogP contribution in [0.2, 0.25) is 5.02 Å². The molecule has 0 aromatic heterocycles. The number of phenolic OH excluding ortho intramolecular Hbond substituents is 1. The first-order valence-corrected chi connectivity index (χ1v) is 13.9. The normalized spacial score (nSPS) is 11.5. The summed E-state index contributed by atoms with van der Waals surface area (Å²) in [4.78, 5) is 26.8. The quantitative estimate of drug-likeness (QED) is 0.249. The van der Waals surface area contributed by atoms with Gasteiger partial charge in [-0.2, -0.15) is 0 Å². The highest BCUT2D eigenvalue weighted by Gasteiger charge is 2.32. The van der Waals surface area contributed by atoms with E-state index in [4.69, 9.17) is 21.1 Å². The number of esters is 2. The van der Waals surface area contributed by atoms with Crippen LogP contribution in [0, 0.1) is 0 Å². The molecular formula is C31H41ClO5. The number of phenols is 1. The maximum Gasteiger partial charge on any atom is 0.342 e. The van der Waals surface area contributed by atoms with Gasteiger partial charge in [0, 0.05) is 10.6 Å². The van der Waals surface area contributed by atoms with Gasteiger partial charge < -0.3 is 14.6 Å². The Labute approximate surface area is 226 Å². The molecule has 0 aliphatic heterocycles. The zero-order chi connectivity index (χ0) is 27.4. The van der Waals surface area contributed by atoms with Crippen LogP contribution >= 0.6 is 11.6 Å². The Morgan fingerprint density at radius 1 is 0.784 bits per heavy atom. The van der Waals surface area contributed by atoms with Crippen molar-refractivity contribution in [3.05, 3.63) is 68.7 Å². The molecule has 2 aromatic rings. The summed E-state index contributed by atoms with van der Waals surface area (Å²) < 4.78 is 10.9. The minimum atomic E-state index is -0.633. The van der Waals surface area contributed by atoms with E-state index in [0.717, 1.165) is 49.7 Å². The first-order valence-electron chi connectivity index (χ1n) is 13.6. The molecule has 202 valence electrons. The molecule has 0 bridgehead atoms. The van der Waals surface area contributed by atoms with Gasteiger partial charge >= 0.3 is 11.9 Å². The Bertz CT molecular complexity index is 1090. The minimum Gasteiger partial charge on any atom is -0.506 e. The smallest absolute Gasteiger partial charge is 0.342 e. The molecule has 2 aromatic carbocycles. The van der Waals surface area contributed by atoms with Gasteiger partial charge in [0.15, 0.2) is 0 Å². The van der Waals surface area contributed by atoms with Crippen molar-refractivity contribution in [1.82, 2.24) is 0 Å². The first kappa shape index (κ1) is 30.4. The molecule has 0 saturated carbocycles. The molecule has 2 rings (SSSR count). The van der Waals surface area contributed by atoms with Crippen molar-refractivity contribution >= 4 is 29.1 Å². The molecule has 0 heterocycles. The van der Waals surface area contributed by atoms with Crippen LogP contribution in [0.25, 0.3) is 5.57 Å². The van der Waals surface area contributed by atoms with Gasteiger partial charge in [0.2, 0.25) is 0 Å². The van der Waals surface area contributed by atoms with Crippen LogP contribution in [0.4, 0.5) is 0 Å². The summed E-state index contributed by atoms with van der Waals surface area (Å²) in [7, 11) is 0. The second-order valence-corrected chi connectivity index (χ2v) is 9.43. The van der Waals surface area contributed by atoms with E-state index in [0.29, 0.717) is 40.1 Å². The fourth-order valence-electron chi connectivity index (χ4n) is 4.50. The van der Waals surface area contributed by atoms with E-state index in [1.54, 1.807) is 26.0 Å². The predicted octanol–water partition coefficient (Wildman–Crippen LogP) is 8.32. The highest BCUT2D eigenvalue weighted by Crippen LogP contribution is 2.42. The molecule has 1 N–H and O–H groups in total. The molecule has 0 atom stereocenters. The van der Waals surface area contributed by atoms with E-state index >= 15 is 0 Å². The van der Waals surface area contributed by atoms with E-state index in [1.807, 2.05) is 19.1 Å². The number of allylic oxidation sites excluding steroid dienone is 1. The number of carbonyl (C=O) groups excluding carboxylic acids is 2. The summed E-state index contributed by atoms with van der Waals surface area (Å²) in [5, 5.41) is 12.4. The monoisotopic (exact) mass is 528 g/mol. The van der Waals surface area contributed by atoms with E-state index in [1.165, 1.54) is 0 Å². The summed E-state index contributed by atoms with van der Waals surface area (Å²) in [6.07, 6.45) is 8.06. The van der Waals surface area contributed by atoms with Crippen LogP contribution in [0.3, 0.4) is 0 Å². The Balaban J connectivity index is 3.10. The van der Waals surface area contributed by atoms with Gasteiger partial charge in [-0.05, 0) is 80.3 Å². The van der Waals surface area contributed by atoms with Crippen LogP contribution < -0.4 is 0 Å². The van der Waals surface area contributed by atoms with E-state index in [9.17, 15) is 14.7 Å². The second-order valence-electron chi connectivity index (χ2n) is 8.99. The van der Waals surface area contributed by atoms with Crippen LogP contribution in [0.15, 0.2) is 30.3 Å². The Morgan fingerprint density at radius 2 is 1.30 bits per heavy atom. The summed E-state index contributed by atoms with van der Waals surface area (Å²) >= 11 is 6.18. The third-order valence-corrected chi connectivity index (χ3v) is 6.51. The molecule has 0 fully saturated rings. The lowest BCUT2D eigenvalue weighted by Gasteiger charge is -2.24. The molecule has 0 unspecified atom stereocenters. The highest BCUT2D eigenvalue weighted by molar-refractivity contribution is 6.30. The SMILES string of the molecule is CCC/C=C(/c1ccc(Cl)cc1)c1c(O)c(C(=O)OCC)c(CCCC)c(C(=O)OCC)c1CCCC. The number of rotatable bonds is 14. The number of hydrogen-bond donors (Lipinski definition) is 1. The Kier molecular flexibility index (Phi) is 12.7. The molecule has 0 spiro atoms. The topological polar surface area (TPSA) is 72.8 Å². The number of carbonyl (C=O) groups is 2. The first-order chi connectivity index (χ1) is 17.9. The largest absolute Gasteiger partial charge is 0.506 e. The van der Waals surface area contributed by atoms with Gasteiger partial charge in [0.25, 0.3) is 0 Å². The third-order valence-electron chi connectivity index (χ3n) is 6.26. The average molecular weight is 529 g/mol. The molecule has 6 heteroatoms. The maximum atomic E-state index is 13.5. The van der Waals surface area contributed by atoms with Crippen molar-refractivity contribution in [3.8, 4) is 5.75 Å². The third kappa shape index (κ3) is 7.61. The van der Waals surface area contributed by atoms with Gasteiger partial charge in [-0.3, -0.25) is 0 Å². The summed E-state index contributed by atoms with van der Waals surface area (Å²) in [6, 6.07) is 7.39. The predicted molar refractivity (Wildman–Crippen MR) is 151 cm³/mol. The summed E-state index contributed by atoms with van der Waals surface area (Å²) in [5.41, 5.74) is 3.78. The number of ether oxygens (including phenoxy) is 2. The second kappa shape index (κ2) is 15.5.